The molecular formula is C10H17IN4O3. The summed E-state index contributed by atoms with van der Waals surface area (Å²) in [5, 5.41) is 8.89. The molecule has 2 heterocycles. The number of rotatable bonds is 2. The number of aromatic nitrogens is 2. The predicted molar refractivity (Wildman–Crippen MR) is 80.1 cm³/mol. The van der Waals surface area contributed by atoms with Crippen molar-refractivity contribution in [2.75, 3.05) is 37.2 Å². The number of hydrogen-bond acceptors (Lipinski definition) is 5. The first-order chi connectivity index (χ1) is 7.99. The molecule has 0 saturated carbocycles. The third-order valence-electron chi connectivity index (χ3n) is 2.99. The second kappa shape index (κ2) is 5.31. The van der Waals surface area contributed by atoms with Gasteiger partial charge in [0.05, 0.1) is 19.8 Å². The van der Waals surface area contributed by atoms with Crippen LogP contribution in [0.15, 0.2) is 9.59 Å². The second-order valence-corrected chi connectivity index (χ2v) is 4.23. The number of fused-ring (bicyclic) bond motifs is 1. The molecule has 8 heteroatoms. The summed E-state index contributed by atoms with van der Waals surface area (Å²) < 4.78 is 2.50. The van der Waals surface area contributed by atoms with E-state index in [1.54, 1.807) is 19.0 Å². The fraction of sp³-hybridized carbons (Fsp3) is 0.600. The quantitative estimate of drug-likeness (QED) is 0.679. The Balaban J connectivity index is 0.00000162. The summed E-state index contributed by atoms with van der Waals surface area (Å²) in [5.41, 5.74) is -0.239. The minimum Gasteiger partial charge on any atom is -0.395 e. The Labute approximate surface area is 121 Å². The van der Waals surface area contributed by atoms with Crippen LogP contribution in [0.2, 0.25) is 0 Å². The van der Waals surface area contributed by atoms with Gasteiger partial charge in [-0.3, -0.25) is 13.9 Å². The van der Waals surface area contributed by atoms with Gasteiger partial charge in [-0.25, -0.2) is 4.79 Å². The minimum absolute atomic E-state index is 0. The Morgan fingerprint density at radius 1 is 1.17 bits per heavy atom. The van der Waals surface area contributed by atoms with Crippen LogP contribution in [0.4, 0.5) is 11.5 Å². The summed E-state index contributed by atoms with van der Waals surface area (Å²) in [6.45, 7) is 0.366. The van der Waals surface area contributed by atoms with Gasteiger partial charge in [0.2, 0.25) is 0 Å². The lowest BCUT2D eigenvalue weighted by Gasteiger charge is -2.15. The average Bonchev–Trinajstić information content (AvgIpc) is 2.57. The molecule has 0 aliphatic carbocycles. The van der Waals surface area contributed by atoms with Crippen LogP contribution in [0.3, 0.4) is 0 Å². The Morgan fingerprint density at radius 3 is 2.33 bits per heavy atom. The largest absolute Gasteiger partial charge is 0.395 e. The van der Waals surface area contributed by atoms with Gasteiger partial charge in [-0.2, -0.15) is 0 Å². The monoisotopic (exact) mass is 368 g/mol. The van der Waals surface area contributed by atoms with Crippen LogP contribution in [0.1, 0.15) is 0 Å². The smallest absolute Gasteiger partial charge is 0.332 e. The van der Waals surface area contributed by atoms with Crippen LogP contribution in [-0.4, -0.2) is 41.6 Å². The molecule has 1 N–H and O–H groups in total. The highest BCUT2D eigenvalue weighted by molar-refractivity contribution is 14.0. The molecule has 1 aliphatic rings. The van der Waals surface area contributed by atoms with Crippen molar-refractivity contribution in [3.8, 4) is 0 Å². The molecule has 1 aliphatic heterocycles. The molecule has 1 aromatic rings. The lowest BCUT2D eigenvalue weighted by Crippen LogP contribution is -2.41. The molecule has 0 radical (unpaired) electrons. The molecule has 0 unspecified atom stereocenters. The summed E-state index contributed by atoms with van der Waals surface area (Å²) in [6, 6.07) is 0. The van der Waals surface area contributed by atoms with Gasteiger partial charge in [-0.05, 0) is 0 Å². The molecular weight excluding hydrogens is 351 g/mol. The van der Waals surface area contributed by atoms with Crippen molar-refractivity contribution in [2.45, 2.75) is 6.54 Å². The van der Waals surface area contributed by atoms with E-state index in [1.165, 1.54) is 4.57 Å². The molecule has 0 saturated heterocycles. The number of aliphatic hydroxyl groups excluding tert-OH is 1. The highest BCUT2D eigenvalue weighted by atomic mass is 127. The summed E-state index contributed by atoms with van der Waals surface area (Å²) in [6.07, 6.45) is 0. The average molecular weight is 368 g/mol. The highest BCUT2D eigenvalue weighted by Crippen LogP contribution is 2.28. The van der Waals surface area contributed by atoms with E-state index < -0.39 is 5.69 Å². The number of nitrogens with zero attached hydrogens (tertiary/aromatic N) is 4. The summed E-state index contributed by atoms with van der Waals surface area (Å²) >= 11 is 0. The molecule has 0 spiro atoms. The van der Waals surface area contributed by atoms with Crippen molar-refractivity contribution in [3.05, 3.63) is 20.8 Å². The van der Waals surface area contributed by atoms with E-state index >= 15 is 0 Å². The van der Waals surface area contributed by atoms with Gasteiger partial charge in [-0.1, -0.05) is 0 Å². The molecule has 2 rings (SSSR count). The molecule has 0 atom stereocenters. The van der Waals surface area contributed by atoms with Crippen LogP contribution in [0.5, 0.6) is 0 Å². The maximum Gasteiger partial charge on any atom is 0.332 e. The predicted octanol–water partition coefficient (Wildman–Crippen LogP) is -0.999. The van der Waals surface area contributed by atoms with E-state index in [0.717, 1.165) is 4.57 Å². The Hall–Kier alpha value is -1.03. The van der Waals surface area contributed by atoms with Crippen molar-refractivity contribution in [3.63, 3.8) is 0 Å². The van der Waals surface area contributed by atoms with Gasteiger partial charge in [0.1, 0.15) is 11.5 Å². The number of anilines is 2. The van der Waals surface area contributed by atoms with Crippen molar-refractivity contribution in [1.82, 2.24) is 9.13 Å². The molecule has 102 valence electrons. The van der Waals surface area contributed by atoms with E-state index in [0.29, 0.717) is 18.2 Å². The normalized spacial score (nSPS) is 13.6. The Kier molecular flexibility index (Phi) is 4.43. The first kappa shape index (κ1) is 15.0. The lowest BCUT2D eigenvalue weighted by atomic mass is 10.4. The van der Waals surface area contributed by atoms with Gasteiger partial charge in [-0.15, -0.1) is 24.0 Å². The fourth-order valence-electron chi connectivity index (χ4n) is 2.26. The zero-order valence-electron chi connectivity index (χ0n) is 10.6. The van der Waals surface area contributed by atoms with Gasteiger partial charge in [0.25, 0.3) is 5.56 Å². The van der Waals surface area contributed by atoms with Crippen LogP contribution >= 0.6 is 24.0 Å². The second-order valence-electron chi connectivity index (χ2n) is 4.23. The van der Waals surface area contributed by atoms with Crippen molar-refractivity contribution in [1.29, 1.82) is 0 Å². The number of aliphatic hydroxyl groups is 1. The molecule has 18 heavy (non-hydrogen) atoms. The van der Waals surface area contributed by atoms with Gasteiger partial charge < -0.3 is 14.9 Å². The molecule has 0 bridgehead atoms. The lowest BCUT2D eigenvalue weighted by molar-refractivity contribution is 0.270. The van der Waals surface area contributed by atoms with Crippen LogP contribution in [0.25, 0.3) is 0 Å². The molecule has 0 fully saturated rings. The molecule has 1 aromatic heterocycles. The standard InChI is InChI=1S/C10H16N4O3.HI/c1-11-6-12(2)8-7(11)9(16)14(4-5-15)10(17)13(8)3;/h15H,4-6H2,1-3H3;1H. The van der Waals surface area contributed by atoms with Gasteiger partial charge >= 0.3 is 5.69 Å². The molecule has 0 amide bonds. The Bertz CT molecular complexity index is 565. The first-order valence-corrected chi connectivity index (χ1v) is 5.36. The zero-order valence-corrected chi connectivity index (χ0v) is 12.9. The third-order valence-corrected chi connectivity index (χ3v) is 2.99. The van der Waals surface area contributed by atoms with Gasteiger partial charge in [0.15, 0.2) is 0 Å². The van der Waals surface area contributed by atoms with E-state index in [9.17, 15) is 9.59 Å². The van der Waals surface area contributed by atoms with E-state index in [4.69, 9.17) is 5.11 Å². The number of hydrogen-bond donors (Lipinski definition) is 1. The maximum absolute atomic E-state index is 12.1. The SMILES string of the molecule is CN1CN(C)c2c1c(=O)n(CCO)c(=O)n2C.I. The van der Waals surface area contributed by atoms with Crippen molar-refractivity contribution in [2.24, 2.45) is 7.05 Å². The summed E-state index contributed by atoms with van der Waals surface area (Å²) in [5.74, 6) is 0.622. The topological polar surface area (TPSA) is 70.7 Å². The fourth-order valence-corrected chi connectivity index (χ4v) is 2.26. The van der Waals surface area contributed by atoms with E-state index in [2.05, 4.69) is 0 Å². The minimum atomic E-state index is -0.398. The number of halogens is 1. The summed E-state index contributed by atoms with van der Waals surface area (Å²) in [7, 11) is 5.26. The maximum atomic E-state index is 12.1. The van der Waals surface area contributed by atoms with Crippen LogP contribution < -0.4 is 21.0 Å². The first-order valence-electron chi connectivity index (χ1n) is 5.36. The molecule has 0 aromatic carbocycles. The molecule has 7 nitrogen and oxygen atoms in total. The zero-order chi connectivity index (χ0) is 12.7. The van der Waals surface area contributed by atoms with Crippen LogP contribution in [-0.2, 0) is 13.6 Å². The summed E-state index contributed by atoms with van der Waals surface area (Å²) in [4.78, 5) is 27.8. The third kappa shape index (κ3) is 2.03. The van der Waals surface area contributed by atoms with E-state index in [1.807, 2.05) is 11.9 Å². The van der Waals surface area contributed by atoms with Crippen molar-refractivity contribution >= 4 is 35.5 Å². The van der Waals surface area contributed by atoms with Crippen molar-refractivity contribution < 1.29 is 5.11 Å². The Morgan fingerprint density at radius 2 is 1.78 bits per heavy atom. The van der Waals surface area contributed by atoms with E-state index in [-0.39, 0.29) is 42.7 Å². The highest BCUT2D eigenvalue weighted by Gasteiger charge is 2.28. The van der Waals surface area contributed by atoms with Gasteiger partial charge in [0, 0.05) is 21.1 Å². The van der Waals surface area contributed by atoms with Crippen LogP contribution in [0, 0.1) is 0 Å².